The first-order valence-electron chi connectivity index (χ1n) is 15.2. The number of anilines is 1. The summed E-state index contributed by atoms with van der Waals surface area (Å²) in [5.41, 5.74) is 1.34. The zero-order valence-electron chi connectivity index (χ0n) is 27.0. The number of nitrogens with zero attached hydrogens (tertiary/aromatic N) is 1. The Labute approximate surface area is 256 Å². The van der Waals surface area contributed by atoms with Crippen molar-refractivity contribution < 1.29 is 33.3 Å². The zero-order valence-corrected chi connectivity index (χ0v) is 27.0. The summed E-state index contributed by atoms with van der Waals surface area (Å²) >= 11 is 0. The van der Waals surface area contributed by atoms with Gasteiger partial charge < -0.3 is 33.9 Å². The average Bonchev–Trinajstić information content (AvgIpc) is 2.95. The summed E-state index contributed by atoms with van der Waals surface area (Å²) in [5.74, 6) is -0.139. The highest BCUT2D eigenvalue weighted by atomic mass is 16.7. The van der Waals surface area contributed by atoms with E-state index in [1.807, 2.05) is 29.2 Å². The minimum Gasteiger partial charge on any atom is -0.497 e. The van der Waals surface area contributed by atoms with Crippen molar-refractivity contribution in [2.75, 3.05) is 26.1 Å². The fourth-order valence-electron chi connectivity index (χ4n) is 4.75. The lowest BCUT2D eigenvalue weighted by Crippen LogP contribution is -2.45. The Hall–Kier alpha value is -3.88. The largest absolute Gasteiger partial charge is 0.497 e. The Balaban J connectivity index is 2.07. The molecule has 1 saturated heterocycles. The molecule has 0 spiro atoms. The van der Waals surface area contributed by atoms with E-state index in [4.69, 9.17) is 23.7 Å². The highest BCUT2D eigenvalue weighted by Crippen LogP contribution is 2.34. The summed E-state index contributed by atoms with van der Waals surface area (Å²) in [7, 11) is 3.12. The van der Waals surface area contributed by atoms with Crippen LogP contribution in [0.25, 0.3) is 0 Å². The summed E-state index contributed by atoms with van der Waals surface area (Å²) in [6.45, 7) is 12.7. The third kappa shape index (κ3) is 9.56. The van der Waals surface area contributed by atoms with E-state index in [9.17, 15) is 9.59 Å². The molecule has 0 saturated carbocycles. The van der Waals surface area contributed by atoms with Gasteiger partial charge in [0.2, 0.25) is 0 Å². The third-order valence-corrected chi connectivity index (χ3v) is 7.27. The molecule has 0 radical (unpaired) electrons. The fourth-order valence-corrected chi connectivity index (χ4v) is 4.75. The summed E-state index contributed by atoms with van der Waals surface area (Å²) in [5, 5.41) is 3.35. The van der Waals surface area contributed by atoms with Gasteiger partial charge in [-0.1, -0.05) is 52.2 Å². The van der Waals surface area contributed by atoms with Gasteiger partial charge in [0.05, 0.1) is 26.5 Å². The average molecular weight is 597 g/mol. The molecule has 1 aliphatic heterocycles. The van der Waals surface area contributed by atoms with Crippen molar-refractivity contribution in [1.29, 1.82) is 0 Å². The second kappa shape index (κ2) is 15.5. The SMILES string of the molecule is CCCCCC(C)N(Cc1ccc(OCCC(C)C)cc1)C(Nc1ccc(OC)cc1OC)=C1C(=O)OC(C)(C)OC1=O. The predicted octanol–water partition coefficient (Wildman–Crippen LogP) is 7.06. The monoisotopic (exact) mass is 596 g/mol. The zero-order chi connectivity index (χ0) is 31.6. The van der Waals surface area contributed by atoms with Crippen LogP contribution in [0.5, 0.6) is 17.2 Å². The maximum Gasteiger partial charge on any atom is 0.352 e. The van der Waals surface area contributed by atoms with Crippen molar-refractivity contribution in [3.05, 3.63) is 59.4 Å². The van der Waals surface area contributed by atoms with Gasteiger partial charge in [-0.15, -0.1) is 0 Å². The molecule has 0 bridgehead atoms. The molecule has 0 aromatic heterocycles. The van der Waals surface area contributed by atoms with Crippen molar-refractivity contribution >= 4 is 17.6 Å². The van der Waals surface area contributed by atoms with E-state index in [2.05, 4.69) is 33.0 Å². The highest BCUT2D eigenvalue weighted by Gasteiger charge is 2.42. The van der Waals surface area contributed by atoms with Crippen LogP contribution in [-0.2, 0) is 25.6 Å². The van der Waals surface area contributed by atoms with E-state index in [0.29, 0.717) is 36.3 Å². The van der Waals surface area contributed by atoms with Gasteiger partial charge in [0.25, 0.3) is 5.79 Å². The van der Waals surface area contributed by atoms with Crippen LogP contribution in [0.1, 0.15) is 79.2 Å². The van der Waals surface area contributed by atoms with Gasteiger partial charge >= 0.3 is 11.9 Å². The third-order valence-electron chi connectivity index (χ3n) is 7.27. The predicted molar refractivity (Wildman–Crippen MR) is 167 cm³/mol. The van der Waals surface area contributed by atoms with E-state index >= 15 is 0 Å². The molecule has 236 valence electrons. The Bertz CT molecular complexity index is 1230. The van der Waals surface area contributed by atoms with E-state index in [-0.39, 0.29) is 17.4 Å². The number of rotatable bonds is 16. The van der Waals surface area contributed by atoms with Gasteiger partial charge in [-0.25, -0.2) is 9.59 Å². The first-order valence-corrected chi connectivity index (χ1v) is 15.2. The molecule has 9 heteroatoms. The molecule has 0 amide bonds. The lowest BCUT2D eigenvalue weighted by atomic mass is 10.1. The van der Waals surface area contributed by atoms with Crippen LogP contribution < -0.4 is 19.5 Å². The molecular formula is C34H48N2O7. The number of benzene rings is 2. The van der Waals surface area contributed by atoms with Crippen LogP contribution in [-0.4, -0.2) is 49.5 Å². The Morgan fingerprint density at radius 3 is 2.14 bits per heavy atom. The molecule has 2 aromatic carbocycles. The molecule has 1 aliphatic rings. The quantitative estimate of drug-likeness (QED) is 0.0946. The van der Waals surface area contributed by atoms with E-state index in [1.165, 1.54) is 13.8 Å². The van der Waals surface area contributed by atoms with E-state index < -0.39 is 17.7 Å². The number of esters is 2. The first-order chi connectivity index (χ1) is 20.5. The summed E-state index contributed by atoms with van der Waals surface area (Å²) in [6, 6.07) is 13.2. The molecule has 3 rings (SSSR count). The van der Waals surface area contributed by atoms with Gasteiger partial charge in [-0.05, 0) is 55.5 Å². The number of ether oxygens (including phenoxy) is 5. The second-order valence-electron chi connectivity index (χ2n) is 11.7. The van der Waals surface area contributed by atoms with Crippen molar-refractivity contribution in [3.8, 4) is 17.2 Å². The lowest BCUT2D eigenvalue weighted by Gasteiger charge is -2.37. The molecule has 1 unspecified atom stereocenters. The van der Waals surface area contributed by atoms with Crippen molar-refractivity contribution in [1.82, 2.24) is 4.90 Å². The standard InChI is InChI=1S/C34H48N2O7/c1-9-10-11-12-24(4)36(22-25-13-15-26(16-14-25)41-20-19-23(2)3)31(30-32(37)42-34(5,6)43-33(30)38)35-28-18-17-27(39-7)21-29(28)40-8/h13-18,21,23-24,35H,9-12,19-20,22H2,1-8H3. The van der Waals surface area contributed by atoms with Crippen LogP contribution in [0.4, 0.5) is 5.69 Å². The van der Waals surface area contributed by atoms with Crippen LogP contribution in [0.2, 0.25) is 0 Å². The Kier molecular flexibility index (Phi) is 12.2. The summed E-state index contributed by atoms with van der Waals surface area (Å²) < 4.78 is 28.0. The van der Waals surface area contributed by atoms with Crippen molar-refractivity contribution in [2.45, 2.75) is 92.0 Å². The summed E-state index contributed by atoms with van der Waals surface area (Å²) in [6.07, 6.45) is 4.97. The molecule has 0 aliphatic carbocycles. The normalized spacial score (nSPS) is 15.0. The minimum absolute atomic E-state index is 0.0525. The number of cyclic esters (lactones) is 2. The lowest BCUT2D eigenvalue weighted by molar-refractivity contribution is -0.222. The van der Waals surface area contributed by atoms with Crippen molar-refractivity contribution in [2.24, 2.45) is 5.92 Å². The van der Waals surface area contributed by atoms with Crippen LogP contribution in [0.3, 0.4) is 0 Å². The Morgan fingerprint density at radius 1 is 0.907 bits per heavy atom. The smallest absolute Gasteiger partial charge is 0.352 e. The maximum atomic E-state index is 13.4. The minimum atomic E-state index is -1.37. The number of hydrogen-bond donors (Lipinski definition) is 1. The van der Waals surface area contributed by atoms with Crippen LogP contribution in [0, 0.1) is 5.92 Å². The second-order valence-corrected chi connectivity index (χ2v) is 11.7. The number of carbonyl (C=O) groups is 2. The number of hydrogen-bond acceptors (Lipinski definition) is 9. The number of carbonyl (C=O) groups excluding carboxylic acids is 2. The van der Waals surface area contributed by atoms with Crippen molar-refractivity contribution in [3.63, 3.8) is 0 Å². The topological polar surface area (TPSA) is 95.6 Å². The molecule has 1 N–H and O–H groups in total. The fraction of sp³-hybridized carbons (Fsp3) is 0.529. The molecule has 1 heterocycles. The van der Waals surface area contributed by atoms with Gasteiger partial charge in [0.15, 0.2) is 5.57 Å². The number of nitrogens with one attached hydrogen (secondary N) is 1. The van der Waals surface area contributed by atoms with Crippen LogP contribution >= 0.6 is 0 Å². The Morgan fingerprint density at radius 2 is 1.56 bits per heavy atom. The molecule has 9 nitrogen and oxygen atoms in total. The summed E-state index contributed by atoms with van der Waals surface area (Å²) in [4.78, 5) is 28.9. The van der Waals surface area contributed by atoms with Crippen LogP contribution in [0.15, 0.2) is 53.9 Å². The maximum absolute atomic E-state index is 13.4. The highest BCUT2D eigenvalue weighted by molar-refractivity contribution is 6.16. The van der Waals surface area contributed by atoms with E-state index in [1.54, 1.807) is 32.4 Å². The number of methoxy groups -OCH3 is 2. The van der Waals surface area contributed by atoms with Gasteiger partial charge in [0.1, 0.15) is 23.1 Å². The van der Waals surface area contributed by atoms with E-state index in [0.717, 1.165) is 43.4 Å². The molecule has 2 aromatic rings. The van der Waals surface area contributed by atoms with Gasteiger partial charge in [0, 0.05) is 32.5 Å². The molecule has 43 heavy (non-hydrogen) atoms. The molecule has 1 fully saturated rings. The van der Waals surface area contributed by atoms with Gasteiger partial charge in [-0.3, -0.25) is 0 Å². The molecule has 1 atom stereocenters. The number of unbranched alkanes of at least 4 members (excludes halogenated alkanes) is 2. The first kappa shape index (κ1) is 33.6. The molecular weight excluding hydrogens is 548 g/mol. The van der Waals surface area contributed by atoms with Gasteiger partial charge in [-0.2, -0.15) is 0 Å².